The van der Waals surface area contributed by atoms with Crippen molar-refractivity contribution in [2.45, 2.75) is 26.1 Å². The number of ether oxygens (including phenoxy) is 2. The predicted molar refractivity (Wildman–Crippen MR) is 48.5 cm³/mol. The van der Waals surface area contributed by atoms with E-state index in [0.29, 0.717) is 6.29 Å². The Hall–Kier alpha value is -1.01. The molecule has 6 nitrogen and oxygen atoms in total. The maximum atomic E-state index is 10.4. The number of hydrogen-bond donors (Lipinski definition) is 0. The molecule has 0 heterocycles. The highest BCUT2D eigenvalue weighted by molar-refractivity contribution is 5.50. The van der Waals surface area contributed by atoms with Gasteiger partial charge in [-0.3, -0.25) is 10.1 Å². The molecule has 0 amide bonds. The Morgan fingerprint density at radius 2 is 1.86 bits per heavy atom. The van der Waals surface area contributed by atoms with Crippen LogP contribution in [0.15, 0.2) is 0 Å². The fourth-order valence-electron chi connectivity index (χ4n) is 1.17. The van der Waals surface area contributed by atoms with Crippen LogP contribution in [0.3, 0.4) is 0 Å². The fraction of sp³-hybridized carbons (Fsp3) is 0.875. The number of carbonyl (C=O) groups is 1. The first kappa shape index (κ1) is 13.0. The molecule has 0 atom stereocenters. The Labute approximate surface area is 82.3 Å². The number of carbonyl (C=O) groups excluding carboxylic acids is 1. The van der Waals surface area contributed by atoms with Crippen LogP contribution in [0.5, 0.6) is 0 Å². The lowest BCUT2D eigenvalue weighted by Gasteiger charge is -2.27. The van der Waals surface area contributed by atoms with Gasteiger partial charge in [0.1, 0.15) is 6.29 Å². The second-order valence-electron chi connectivity index (χ2n) is 2.64. The Morgan fingerprint density at radius 3 is 2.14 bits per heavy atom. The maximum absolute atomic E-state index is 10.4. The molecule has 14 heavy (non-hydrogen) atoms. The van der Waals surface area contributed by atoms with Gasteiger partial charge in [0.15, 0.2) is 0 Å². The van der Waals surface area contributed by atoms with Crippen LogP contribution in [0.25, 0.3) is 0 Å². The standard InChI is InChI=1S/C8H15NO5/c1-3-13-8(5-6-10,14-4-2)7-9(11)12/h6H,3-5,7H2,1-2H3. The van der Waals surface area contributed by atoms with Crippen LogP contribution in [0.4, 0.5) is 0 Å². The summed E-state index contributed by atoms with van der Waals surface area (Å²) in [5.41, 5.74) is 0. The predicted octanol–water partition coefficient (Wildman–Crippen LogP) is 0.621. The molecular formula is C8H15NO5. The average Bonchev–Trinajstić information content (AvgIpc) is 2.03. The molecule has 0 aliphatic carbocycles. The van der Waals surface area contributed by atoms with E-state index in [1.54, 1.807) is 13.8 Å². The van der Waals surface area contributed by atoms with Crippen LogP contribution in [0, 0.1) is 10.1 Å². The summed E-state index contributed by atoms with van der Waals surface area (Å²) in [6.45, 7) is 3.40. The minimum atomic E-state index is -1.39. The lowest BCUT2D eigenvalue weighted by Crippen LogP contribution is -2.43. The molecule has 0 spiro atoms. The van der Waals surface area contributed by atoms with Crippen molar-refractivity contribution in [3.05, 3.63) is 10.1 Å². The SMILES string of the molecule is CCOC(CC=O)(C[N+](=O)[O-])OCC. The van der Waals surface area contributed by atoms with E-state index in [1.807, 2.05) is 0 Å². The van der Waals surface area contributed by atoms with Gasteiger partial charge in [-0.05, 0) is 13.8 Å². The van der Waals surface area contributed by atoms with E-state index in [1.165, 1.54) is 0 Å². The molecule has 6 heteroatoms. The Balaban J connectivity index is 4.52. The van der Waals surface area contributed by atoms with Crippen LogP contribution < -0.4 is 0 Å². The van der Waals surface area contributed by atoms with Gasteiger partial charge in [-0.15, -0.1) is 0 Å². The number of nitrogens with zero attached hydrogens (tertiary/aromatic N) is 1. The largest absolute Gasteiger partial charge is 0.344 e. The van der Waals surface area contributed by atoms with E-state index >= 15 is 0 Å². The van der Waals surface area contributed by atoms with Gasteiger partial charge in [0.25, 0.3) is 6.54 Å². The zero-order valence-electron chi connectivity index (χ0n) is 8.39. The molecule has 0 saturated heterocycles. The molecule has 0 radical (unpaired) electrons. The van der Waals surface area contributed by atoms with Crippen molar-refractivity contribution < 1.29 is 19.2 Å². The highest BCUT2D eigenvalue weighted by Crippen LogP contribution is 2.17. The molecule has 0 saturated carbocycles. The molecule has 0 rings (SSSR count). The lowest BCUT2D eigenvalue weighted by molar-refractivity contribution is -0.522. The summed E-state index contributed by atoms with van der Waals surface area (Å²) >= 11 is 0. The third-order valence-corrected chi connectivity index (χ3v) is 1.58. The van der Waals surface area contributed by atoms with Gasteiger partial charge < -0.3 is 14.3 Å². The zero-order valence-corrected chi connectivity index (χ0v) is 8.39. The summed E-state index contributed by atoms with van der Waals surface area (Å²) in [5.74, 6) is -1.39. The zero-order chi connectivity index (χ0) is 11.0. The summed E-state index contributed by atoms with van der Waals surface area (Å²) < 4.78 is 10.3. The third kappa shape index (κ3) is 4.29. The van der Waals surface area contributed by atoms with Crippen molar-refractivity contribution in [2.24, 2.45) is 0 Å². The summed E-state index contributed by atoms with van der Waals surface area (Å²) in [7, 11) is 0. The first-order valence-electron chi connectivity index (χ1n) is 4.43. The molecule has 0 aliphatic rings. The van der Waals surface area contributed by atoms with E-state index in [-0.39, 0.29) is 19.6 Å². The molecular weight excluding hydrogens is 190 g/mol. The van der Waals surface area contributed by atoms with Gasteiger partial charge >= 0.3 is 0 Å². The molecule has 82 valence electrons. The molecule has 0 aromatic heterocycles. The average molecular weight is 205 g/mol. The van der Waals surface area contributed by atoms with Crippen molar-refractivity contribution >= 4 is 6.29 Å². The van der Waals surface area contributed by atoms with Crippen LogP contribution >= 0.6 is 0 Å². The van der Waals surface area contributed by atoms with Crippen molar-refractivity contribution in [3.8, 4) is 0 Å². The number of rotatable bonds is 8. The first-order valence-corrected chi connectivity index (χ1v) is 4.43. The highest BCUT2D eigenvalue weighted by atomic mass is 16.7. The maximum Gasteiger partial charge on any atom is 0.257 e. The van der Waals surface area contributed by atoms with E-state index in [0.717, 1.165) is 0 Å². The molecule has 0 aliphatic heterocycles. The monoisotopic (exact) mass is 205 g/mol. The number of aldehydes is 1. The topological polar surface area (TPSA) is 78.7 Å². The first-order chi connectivity index (χ1) is 6.60. The van der Waals surface area contributed by atoms with Gasteiger partial charge in [0, 0.05) is 18.1 Å². The van der Waals surface area contributed by atoms with Crippen LogP contribution in [-0.4, -0.2) is 36.8 Å². The lowest BCUT2D eigenvalue weighted by atomic mass is 10.2. The van der Waals surface area contributed by atoms with Crippen LogP contribution in [0.1, 0.15) is 20.3 Å². The molecule has 0 unspecified atom stereocenters. The normalized spacial score (nSPS) is 11.3. The van der Waals surface area contributed by atoms with Gasteiger partial charge in [-0.25, -0.2) is 0 Å². The van der Waals surface area contributed by atoms with E-state index in [9.17, 15) is 14.9 Å². The summed E-state index contributed by atoms with van der Waals surface area (Å²) in [5, 5.41) is 10.4. The molecule has 0 bridgehead atoms. The Bertz CT molecular complexity index is 188. The Morgan fingerprint density at radius 1 is 1.36 bits per heavy atom. The molecule has 0 aromatic rings. The number of hydrogen-bond acceptors (Lipinski definition) is 5. The smallest absolute Gasteiger partial charge is 0.257 e. The van der Waals surface area contributed by atoms with E-state index in [2.05, 4.69) is 0 Å². The summed E-state index contributed by atoms with van der Waals surface area (Å²) in [6, 6.07) is 0. The fourth-order valence-corrected chi connectivity index (χ4v) is 1.17. The van der Waals surface area contributed by atoms with Crippen LogP contribution in [0.2, 0.25) is 0 Å². The van der Waals surface area contributed by atoms with Gasteiger partial charge in [0.2, 0.25) is 5.79 Å². The molecule has 0 N–H and O–H groups in total. The van der Waals surface area contributed by atoms with Crippen molar-refractivity contribution in [1.29, 1.82) is 0 Å². The summed E-state index contributed by atoms with van der Waals surface area (Å²) in [4.78, 5) is 20.2. The van der Waals surface area contributed by atoms with Crippen LogP contribution in [-0.2, 0) is 14.3 Å². The second-order valence-corrected chi connectivity index (χ2v) is 2.64. The van der Waals surface area contributed by atoms with Gasteiger partial charge in [-0.1, -0.05) is 0 Å². The Kier molecular flexibility index (Phi) is 5.98. The van der Waals surface area contributed by atoms with Crippen molar-refractivity contribution in [2.75, 3.05) is 19.8 Å². The van der Waals surface area contributed by atoms with Crippen molar-refractivity contribution in [1.82, 2.24) is 0 Å². The minimum absolute atomic E-state index is 0.129. The quantitative estimate of drug-likeness (QED) is 0.251. The molecule has 0 aromatic carbocycles. The summed E-state index contributed by atoms with van der Waals surface area (Å²) in [6.07, 6.45) is 0.435. The van der Waals surface area contributed by atoms with E-state index in [4.69, 9.17) is 9.47 Å². The van der Waals surface area contributed by atoms with E-state index < -0.39 is 17.3 Å². The highest BCUT2D eigenvalue weighted by Gasteiger charge is 2.37. The second kappa shape index (κ2) is 6.44. The van der Waals surface area contributed by atoms with Crippen molar-refractivity contribution in [3.63, 3.8) is 0 Å². The van der Waals surface area contributed by atoms with Gasteiger partial charge in [0.05, 0.1) is 6.42 Å². The molecule has 0 fully saturated rings. The van der Waals surface area contributed by atoms with Gasteiger partial charge in [-0.2, -0.15) is 0 Å². The third-order valence-electron chi connectivity index (χ3n) is 1.58. The minimum Gasteiger partial charge on any atom is -0.344 e. The number of nitro groups is 1.